The van der Waals surface area contributed by atoms with Crippen molar-refractivity contribution in [1.82, 2.24) is 19.6 Å². The molecule has 0 amide bonds. The molecule has 1 aromatic rings. The summed E-state index contributed by atoms with van der Waals surface area (Å²) in [6.07, 6.45) is 2.98. The van der Waals surface area contributed by atoms with Crippen molar-refractivity contribution in [1.29, 1.82) is 0 Å². The van der Waals surface area contributed by atoms with E-state index in [1.165, 1.54) is 5.56 Å². The molecule has 2 heterocycles. The fraction of sp³-hybridized carbons (Fsp3) is 0.824. The van der Waals surface area contributed by atoms with E-state index in [0.29, 0.717) is 11.5 Å². The first-order valence-electron chi connectivity index (χ1n) is 8.35. The van der Waals surface area contributed by atoms with Crippen molar-refractivity contribution in [2.45, 2.75) is 46.7 Å². The first kappa shape index (κ1) is 17.4. The van der Waals surface area contributed by atoms with Gasteiger partial charge in [-0.05, 0) is 18.8 Å². The summed E-state index contributed by atoms with van der Waals surface area (Å²) in [6.45, 7) is 14.5. The molecule has 0 aromatic carbocycles. The maximum Gasteiger partial charge on any atom is 0.0638 e. The molecule has 1 atom stereocenters. The van der Waals surface area contributed by atoms with Gasteiger partial charge in [-0.15, -0.1) is 0 Å². The van der Waals surface area contributed by atoms with Crippen LogP contribution in [-0.2, 0) is 13.6 Å². The Morgan fingerprint density at radius 1 is 1.32 bits per heavy atom. The van der Waals surface area contributed by atoms with Gasteiger partial charge in [-0.25, -0.2) is 0 Å². The average Bonchev–Trinajstić information content (AvgIpc) is 2.70. The van der Waals surface area contributed by atoms with Gasteiger partial charge in [0.2, 0.25) is 0 Å². The highest BCUT2D eigenvalue weighted by molar-refractivity contribution is 5.15. The molecule has 0 saturated carbocycles. The summed E-state index contributed by atoms with van der Waals surface area (Å²) >= 11 is 0. The predicted octanol–water partition coefficient (Wildman–Crippen LogP) is 1.64. The second kappa shape index (κ2) is 7.11. The zero-order chi connectivity index (χ0) is 16.3. The minimum atomic E-state index is 0.269. The Morgan fingerprint density at radius 2 is 2.05 bits per heavy atom. The topological polar surface area (TPSA) is 44.5 Å². The lowest BCUT2D eigenvalue weighted by Crippen LogP contribution is -2.54. The molecule has 5 nitrogen and oxygen atoms in total. The number of nitrogens with zero attached hydrogens (tertiary/aromatic N) is 4. The van der Waals surface area contributed by atoms with Crippen LogP contribution in [0, 0.1) is 12.3 Å². The van der Waals surface area contributed by atoms with Crippen molar-refractivity contribution in [2.75, 3.05) is 32.8 Å². The highest BCUT2D eigenvalue weighted by atomic mass is 16.3. The molecule has 0 bridgehead atoms. The van der Waals surface area contributed by atoms with Gasteiger partial charge in [0.05, 0.1) is 5.69 Å². The van der Waals surface area contributed by atoms with E-state index in [-0.39, 0.29) is 6.61 Å². The second-order valence-corrected chi connectivity index (χ2v) is 7.85. The number of aliphatic hydroxyl groups is 1. The summed E-state index contributed by atoms with van der Waals surface area (Å²) in [7, 11) is 1.98. The van der Waals surface area contributed by atoms with E-state index in [2.05, 4.69) is 48.8 Å². The van der Waals surface area contributed by atoms with E-state index in [1.54, 1.807) is 0 Å². The smallest absolute Gasteiger partial charge is 0.0638 e. The van der Waals surface area contributed by atoms with Crippen LogP contribution in [0.4, 0.5) is 0 Å². The molecule has 1 aliphatic rings. The third-order valence-electron chi connectivity index (χ3n) is 4.34. The van der Waals surface area contributed by atoms with Gasteiger partial charge in [-0.3, -0.25) is 14.5 Å². The molecule has 22 heavy (non-hydrogen) atoms. The van der Waals surface area contributed by atoms with Gasteiger partial charge in [0.25, 0.3) is 0 Å². The zero-order valence-corrected chi connectivity index (χ0v) is 14.8. The zero-order valence-electron chi connectivity index (χ0n) is 14.8. The molecular weight excluding hydrogens is 276 g/mol. The molecule has 1 N–H and O–H groups in total. The maximum absolute atomic E-state index is 9.40. The SMILES string of the molecule is Cc1nn(C)cc1CN1CCN(CC(C)(C)C)[C@@H](CCO)C1. The summed E-state index contributed by atoms with van der Waals surface area (Å²) in [5, 5.41) is 13.8. The largest absolute Gasteiger partial charge is 0.396 e. The molecule has 2 rings (SSSR count). The quantitative estimate of drug-likeness (QED) is 0.898. The van der Waals surface area contributed by atoms with Gasteiger partial charge in [0.15, 0.2) is 0 Å². The average molecular weight is 308 g/mol. The van der Waals surface area contributed by atoms with E-state index in [1.807, 2.05) is 11.7 Å². The van der Waals surface area contributed by atoms with Crippen molar-refractivity contribution < 1.29 is 5.11 Å². The Morgan fingerprint density at radius 3 is 2.59 bits per heavy atom. The van der Waals surface area contributed by atoms with Crippen LogP contribution in [-0.4, -0.2) is 63.5 Å². The Kier molecular flexibility index (Phi) is 5.64. The first-order valence-corrected chi connectivity index (χ1v) is 8.35. The Hall–Kier alpha value is -0.910. The van der Waals surface area contributed by atoms with Gasteiger partial charge in [0.1, 0.15) is 0 Å². The number of piperazine rings is 1. The van der Waals surface area contributed by atoms with Crippen molar-refractivity contribution >= 4 is 0 Å². The number of aromatic nitrogens is 2. The lowest BCUT2D eigenvalue weighted by molar-refractivity contribution is 0.0339. The molecule has 0 aliphatic carbocycles. The molecule has 1 saturated heterocycles. The molecule has 5 heteroatoms. The van der Waals surface area contributed by atoms with Crippen LogP contribution in [0.25, 0.3) is 0 Å². The van der Waals surface area contributed by atoms with Crippen LogP contribution in [0.5, 0.6) is 0 Å². The van der Waals surface area contributed by atoms with Crippen molar-refractivity contribution in [3.63, 3.8) is 0 Å². The molecule has 0 radical (unpaired) electrons. The van der Waals surface area contributed by atoms with Gasteiger partial charge in [-0.1, -0.05) is 20.8 Å². The van der Waals surface area contributed by atoms with E-state index in [4.69, 9.17) is 0 Å². The number of aliphatic hydroxyl groups excluding tert-OH is 1. The second-order valence-electron chi connectivity index (χ2n) is 7.85. The van der Waals surface area contributed by atoms with E-state index in [9.17, 15) is 5.11 Å². The molecule has 1 fully saturated rings. The minimum absolute atomic E-state index is 0.269. The van der Waals surface area contributed by atoms with Crippen LogP contribution in [0.1, 0.15) is 38.4 Å². The first-order chi connectivity index (χ1) is 10.3. The minimum Gasteiger partial charge on any atom is -0.396 e. The van der Waals surface area contributed by atoms with Crippen LogP contribution in [0.15, 0.2) is 6.20 Å². The summed E-state index contributed by atoms with van der Waals surface area (Å²) in [4.78, 5) is 5.06. The fourth-order valence-electron chi connectivity index (χ4n) is 3.39. The summed E-state index contributed by atoms with van der Waals surface area (Å²) < 4.78 is 1.89. The van der Waals surface area contributed by atoms with E-state index in [0.717, 1.165) is 44.8 Å². The van der Waals surface area contributed by atoms with Crippen LogP contribution in [0.2, 0.25) is 0 Å². The molecule has 1 aliphatic heterocycles. The number of rotatable bonds is 5. The van der Waals surface area contributed by atoms with Gasteiger partial charge in [0, 0.05) is 64.2 Å². The summed E-state index contributed by atoms with van der Waals surface area (Å²) in [5.74, 6) is 0. The number of hydrogen-bond donors (Lipinski definition) is 1. The molecule has 126 valence electrons. The predicted molar refractivity (Wildman–Crippen MR) is 89.7 cm³/mol. The maximum atomic E-state index is 9.40. The lowest BCUT2D eigenvalue weighted by Gasteiger charge is -2.43. The standard InChI is InChI=1S/C17H32N4O/c1-14-15(10-19(5)18-14)11-20-7-8-21(13-17(2,3)4)16(12-20)6-9-22/h10,16,22H,6-9,11-13H2,1-5H3/t16-/m0/s1. The monoisotopic (exact) mass is 308 g/mol. The summed E-state index contributed by atoms with van der Waals surface area (Å²) in [6, 6.07) is 0.454. The van der Waals surface area contributed by atoms with Crippen molar-refractivity contribution in [3.05, 3.63) is 17.5 Å². The highest BCUT2D eigenvalue weighted by Crippen LogP contribution is 2.22. The van der Waals surface area contributed by atoms with Crippen LogP contribution >= 0.6 is 0 Å². The third kappa shape index (κ3) is 4.80. The number of hydrogen-bond acceptors (Lipinski definition) is 4. The molecule has 0 spiro atoms. The normalized spacial score (nSPS) is 21.5. The fourth-order valence-corrected chi connectivity index (χ4v) is 3.39. The number of aryl methyl sites for hydroxylation is 2. The molecule has 0 unspecified atom stereocenters. The van der Waals surface area contributed by atoms with E-state index >= 15 is 0 Å². The van der Waals surface area contributed by atoms with Crippen molar-refractivity contribution in [3.8, 4) is 0 Å². The van der Waals surface area contributed by atoms with E-state index < -0.39 is 0 Å². The molecule has 1 aromatic heterocycles. The summed E-state index contributed by atoms with van der Waals surface area (Å²) in [5.41, 5.74) is 2.74. The van der Waals surface area contributed by atoms with Gasteiger partial charge < -0.3 is 5.11 Å². The third-order valence-corrected chi connectivity index (χ3v) is 4.34. The lowest BCUT2D eigenvalue weighted by atomic mass is 9.94. The highest BCUT2D eigenvalue weighted by Gasteiger charge is 2.29. The van der Waals surface area contributed by atoms with Crippen LogP contribution < -0.4 is 0 Å². The van der Waals surface area contributed by atoms with Crippen molar-refractivity contribution in [2.24, 2.45) is 12.5 Å². The van der Waals surface area contributed by atoms with Crippen LogP contribution in [0.3, 0.4) is 0 Å². The van der Waals surface area contributed by atoms with Gasteiger partial charge >= 0.3 is 0 Å². The van der Waals surface area contributed by atoms with Gasteiger partial charge in [-0.2, -0.15) is 5.10 Å². The Bertz CT molecular complexity index is 477. The Labute approximate surface area is 134 Å². The molecular formula is C17H32N4O. The Balaban J connectivity index is 1.98.